The number of aromatic hydroxyl groups is 1. The molecule has 3 aromatic heterocycles. The summed E-state index contributed by atoms with van der Waals surface area (Å²) in [5.41, 5.74) is 3.88. The number of nitrogens with one attached hydrogen (secondary N) is 1. The third-order valence-electron chi connectivity index (χ3n) is 4.69. The van der Waals surface area contributed by atoms with Crippen LogP contribution in [0.4, 0.5) is 5.95 Å². The van der Waals surface area contributed by atoms with Gasteiger partial charge in [-0.15, -0.1) is 0 Å². The number of nitriles is 1. The molecular weight excluding hydrogens is 352 g/mol. The lowest BCUT2D eigenvalue weighted by atomic mass is 10.1. The minimum absolute atomic E-state index is 0.00311. The molecule has 0 aliphatic heterocycles. The van der Waals surface area contributed by atoms with Crippen molar-refractivity contribution in [3.8, 4) is 23.2 Å². The zero-order valence-corrected chi connectivity index (χ0v) is 15.5. The van der Waals surface area contributed by atoms with Crippen molar-refractivity contribution in [1.29, 1.82) is 5.26 Å². The summed E-state index contributed by atoms with van der Waals surface area (Å²) >= 11 is 0. The Bertz CT molecular complexity index is 1190. The Kier molecular flexibility index (Phi) is 4.38. The lowest BCUT2D eigenvalue weighted by Crippen LogP contribution is -2.10. The molecule has 0 aliphatic rings. The first-order valence-corrected chi connectivity index (χ1v) is 8.83. The van der Waals surface area contributed by atoms with Crippen molar-refractivity contribution in [2.24, 2.45) is 0 Å². The molecule has 7 heteroatoms. The maximum Gasteiger partial charge on any atom is 0.223 e. The summed E-state index contributed by atoms with van der Waals surface area (Å²) in [5, 5.41) is 22.7. The number of aromatic nitrogens is 4. The SMILES string of the molecule is Cc1c(O)ccn2c(-c3nc(N[C@@H](C)c4ccccc4)ncc3C#N)cnc12. The van der Waals surface area contributed by atoms with Gasteiger partial charge in [-0.2, -0.15) is 5.26 Å². The van der Waals surface area contributed by atoms with E-state index in [-0.39, 0.29) is 11.8 Å². The summed E-state index contributed by atoms with van der Waals surface area (Å²) in [5.74, 6) is 0.600. The van der Waals surface area contributed by atoms with Gasteiger partial charge in [-0.25, -0.2) is 15.0 Å². The van der Waals surface area contributed by atoms with Crippen LogP contribution in [0, 0.1) is 18.3 Å². The Morgan fingerprint density at radius 1 is 1.14 bits per heavy atom. The third kappa shape index (κ3) is 3.01. The molecule has 0 saturated heterocycles. The molecule has 4 aromatic rings. The fourth-order valence-electron chi connectivity index (χ4n) is 3.10. The van der Waals surface area contributed by atoms with Gasteiger partial charge in [0.1, 0.15) is 23.2 Å². The highest BCUT2D eigenvalue weighted by Crippen LogP contribution is 2.28. The molecule has 0 amide bonds. The predicted molar refractivity (Wildman–Crippen MR) is 106 cm³/mol. The van der Waals surface area contributed by atoms with E-state index in [0.29, 0.717) is 34.1 Å². The summed E-state index contributed by atoms with van der Waals surface area (Å²) < 4.78 is 1.81. The van der Waals surface area contributed by atoms with E-state index in [2.05, 4.69) is 26.3 Å². The number of imidazole rings is 1. The molecule has 0 unspecified atom stereocenters. The largest absolute Gasteiger partial charge is 0.507 e. The van der Waals surface area contributed by atoms with E-state index >= 15 is 0 Å². The maximum atomic E-state index is 9.91. The number of anilines is 1. The Hall–Kier alpha value is -3.92. The zero-order valence-electron chi connectivity index (χ0n) is 15.5. The second-order valence-electron chi connectivity index (χ2n) is 6.51. The Morgan fingerprint density at radius 3 is 2.68 bits per heavy atom. The van der Waals surface area contributed by atoms with Crippen molar-refractivity contribution in [1.82, 2.24) is 19.4 Å². The average Bonchev–Trinajstić information content (AvgIpc) is 3.16. The van der Waals surface area contributed by atoms with Crippen molar-refractivity contribution in [3.63, 3.8) is 0 Å². The Morgan fingerprint density at radius 2 is 1.93 bits per heavy atom. The molecule has 1 aromatic carbocycles. The van der Waals surface area contributed by atoms with E-state index in [1.165, 1.54) is 6.20 Å². The van der Waals surface area contributed by atoms with Gasteiger partial charge < -0.3 is 10.4 Å². The number of rotatable bonds is 4. The quantitative estimate of drug-likeness (QED) is 0.566. The number of nitrogens with zero attached hydrogens (tertiary/aromatic N) is 5. The lowest BCUT2D eigenvalue weighted by Gasteiger charge is -2.15. The summed E-state index contributed by atoms with van der Waals surface area (Å²) in [6, 6.07) is 13.7. The summed E-state index contributed by atoms with van der Waals surface area (Å²) in [6.45, 7) is 3.82. The molecular formula is C21H18N6O. The number of benzene rings is 1. The van der Waals surface area contributed by atoms with E-state index in [1.54, 1.807) is 25.4 Å². The van der Waals surface area contributed by atoms with Crippen LogP contribution in [0.2, 0.25) is 0 Å². The third-order valence-corrected chi connectivity index (χ3v) is 4.69. The molecule has 2 N–H and O–H groups in total. The number of aryl methyl sites for hydroxylation is 1. The number of fused-ring (bicyclic) bond motifs is 1. The van der Waals surface area contributed by atoms with Gasteiger partial charge in [0.15, 0.2) is 0 Å². The first-order chi connectivity index (χ1) is 13.6. The molecule has 1 atom stereocenters. The molecule has 138 valence electrons. The first-order valence-electron chi connectivity index (χ1n) is 8.83. The summed E-state index contributed by atoms with van der Waals surface area (Å²) in [4.78, 5) is 13.3. The molecule has 4 rings (SSSR count). The highest BCUT2D eigenvalue weighted by Gasteiger charge is 2.17. The van der Waals surface area contributed by atoms with Crippen LogP contribution in [-0.2, 0) is 0 Å². The minimum Gasteiger partial charge on any atom is -0.507 e. The van der Waals surface area contributed by atoms with E-state index in [1.807, 2.05) is 41.7 Å². The molecule has 0 fully saturated rings. The summed E-state index contributed by atoms with van der Waals surface area (Å²) in [7, 11) is 0. The Labute approximate surface area is 162 Å². The van der Waals surface area contributed by atoms with Crippen molar-refractivity contribution < 1.29 is 5.11 Å². The van der Waals surface area contributed by atoms with Crippen LogP contribution in [0.5, 0.6) is 5.75 Å². The van der Waals surface area contributed by atoms with Crippen molar-refractivity contribution in [2.45, 2.75) is 19.9 Å². The Balaban J connectivity index is 1.77. The van der Waals surface area contributed by atoms with Crippen LogP contribution in [0.3, 0.4) is 0 Å². The highest BCUT2D eigenvalue weighted by atomic mass is 16.3. The average molecular weight is 370 g/mol. The normalized spacial score (nSPS) is 11.9. The first kappa shape index (κ1) is 17.5. The van der Waals surface area contributed by atoms with Gasteiger partial charge in [0, 0.05) is 11.8 Å². The zero-order chi connectivity index (χ0) is 19.7. The van der Waals surface area contributed by atoms with Gasteiger partial charge in [0.2, 0.25) is 5.95 Å². The standard InChI is InChI=1S/C21H18N6O/c1-13-18(28)8-9-27-17(12-23-20(13)27)19-16(10-22)11-24-21(26-19)25-14(2)15-6-4-3-5-7-15/h3-9,11-12,14,28H,1-2H3,(H,24,25,26)/t14-/m0/s1. The molecule has 0 saturated carbocycles. The molecule has 0 spiro atoms. The lowest BCUT2D eigenvalue weighted by molar-refractivity contribution is 0.471. The van der Waals surface area contributed by atoms with Crippen molar-refractivity contribution in [3.05, 3.63) is 71.7 Å². The van der Waals surface area contributed by atoms with Gasteiger partial charge in [-0.05, 0) is 25.5 Å². The van der Waals surface area contributed by atoms with E-state index in [9.17, 15) is 10.4 Å². The van der Waals surface area contributed by atoms with E-state index in [4.69, 9.17) is 0 Å². The number of hydrogen-bond donors (Lipinski definition) is 2. The minimum atomic E-state index is 0.00311. The van der Waals surface area contributed by atoms with Crippen LogP contribution in [0.25, 0.3) is 17.0 Å². The predicted octanol–water partition coefficient (Wildman–Crippen LogP) is 3.85. The maximum absolute atomic E-state index is 9.91. The van der Waals surface area contributed by atoms with Gasteiger partial charge >= 0.3 is 0 Å². The van der Waals surface area contributed by atoms with Crippen molar-refractivity contribution >= 4 is 11.6 Å². The smallest absolute Gasteiger partial charge is 0.223 e. The topological polar surface area (TPSA) is 99.1 Å². The van der Waals surface area contributed by atoms with Crippen LogP contribution < -0.4 is 5.32 Å². The van der Waals surface area contributed by atoms with Gasteiger partial charge in [0.25, 0.3) is 0 Å². The van der Waals surface area contributed by atoms with Crippen LogP contribution >= 0.6 is 0 Å². The molecule has 3 heterocycles. The molecule has 0 bridgehead atoms. The van der Waals surface area contributed by atoms with Crippen LogP contribution in [0.1, 0.15) is 29.7 Å². The fourth-order valence-corrected chi connectivity index (χ4v) is 3.10. The molecule has 0 aliphatic carbocycles. The highest BCUT2D eigenvalue weighted by molar-refractivity contribution is 5.69. The van der Waals surface area contributed by atoms with Gasteiger partial charge in [-0.1, -0.05) is 30.3 Å². The van der Waals surface area contributed by atoms with Gasteiger partial charge in [-0.3, -0.25) is 4.40 Å². The molecule has 7 nitrogen and oxygen atoms in total. The second kappa shape index (κ2) is 7.00. The van der Waals surface area contributed by atoms with Gasteiger partial charge in [0.05, 0.1) is 29.7 Å². The molecule has 28 heavy (non-hydrogen) atoms. The van der Waals surface area contributed by atoms with E-state index < -0.39 is 0 Å². The second-order valence-corrected chi connectivity index (χ2v) is 6.51. The summed E-state index contributed by atoms with van der Waals surface area (Å²) in [6.07, 6.45) is 4.87. The number of pyridine rings is 1. The van der Waals surface area contributed by atoms with E-state index in [0.717, 1.165) is 5.56 Å². The monoisotopic (exact) mass is 370 g/mol. The van der Waals surface area contributed by atoms with Crippen molar-refractivity contribution in [2.75, 3.05) is 5.32 Å². The van der Waals surface area contributed by atoms with Crippen LogP contribution in [-0.4, -0.2) is 24.5 Å². The fraction of sp³-hybridized carbons (Fsp3) is 0.143. The number of hydrogen-bond acceptors (Lipinski definition) is 6. The molecule has 0 radical (unpaired) electrons. The van der Waals surface area contributed by atoms with Crippen LogP contribution in [0.15, 0.2) is 55.0 Å².